The second-order valence-corrected chi connectivity index (χ2v) is 10.2. The maximum absolute atomic E-state index is 11.4. The summed E-state index contributed by atoms with van der Waals surface area (Å²) in [6, 6.07) is 11.1. The first-order valence-corrected chi connectivity index (χ1v) is 13.3. The van der Waals surface area contributed by atoms with Gasteiger partial charge >= 0.3 is 5.97 Å². The largest absolute Gasteiger partial charge is 0.488 e. The van der Waals surface area contributed by atoms with Crippen LogP contribution in [0.4, 0.5) is 0 Å². The standard InChI is InChI=1S/C32H35N3O4/c1-5-30-28(32(36)37)15-33-35(30)12-7-6-9-21(2)27-11-8-10-22(3)31(27)39-18-24-13-23(4)29-17-34(16-25(29)14-24)26-19-38-20-26/h6-15,26H,2,5,16-20H2,1,3-4H3,(H,36,37)/b9-6-,12-7+. The molecule has 202 valence electrons. The Morgan fingerprint density at radius 3 is 2.72 bits per heavy atom. The van der Waals surface area contributed by atoms with Crippen LogP contribution >= 0.6 is 0 Å². The predicted octanol–water partition coefficient (Wildman–Crippen LogP) is 5.79. The number of allylic oxidation sites excluding steroid dienone is 4. The molecular weight excluding hydrogens is 490 g/mol. The summed E-state index contributed by atoms with van der Waals surface area (Å²) in [6.45, 7) is 14.5. The van der Waals surface area contributed by atoms with Gasteiger partial charge in [-0.15, -0.1) is 0 Å². The third kappa shape index (κ3) is 5.60. The van der Waals surface area contributed by atoms with Gasteiger partial charge in [-0.2, -0.15) is 5.10 Å². The Morgan fingerprint density at radius 2 is 2.00 bits per heavy atom. The molecule has 0 bridgehead atoms. The van der Waals surface area contributed by atoms with Gasteiger partial charge in [-0.25, -0.2) is 9.48 Å². The highest BCUT2D eigenvalue weighted by atomic mass is 16.5. The monoisotopic (exact) mass is 525 g/mol. The lowest BCUT2D eigenvalue weighted by Crippen LogP contribution is -2.46. The highest BCUT2D eigenvalue weighted by Gasteiger charge is 2.31. The smallest absolute Gasteiger partial charge is 0.339 e. The number of benzene rings is 2. The van der Waals surface area contributed by atoms with Gasteiger partial charge in [0.2, 0.25) is 0 Å². The van der Waals surface area contributed by atoms with E-state index in [0.29, 0.717) is 24.8 Å². The van der Waals surface area contributed by atoms with Gasteiger partial charge in [0, 0.05) is 24.9 Å². The van der Waals surface area contributed by atoms with Gasteiger partial charge in [-0.05, 0) is 59.7 Å². The molecule has 0 radical (unpaired) electrons. The van der Waals surface area contributed by atoms with E-state index in [2.05, 4.69) is 35.6 Å². The molecule has 7 heteroatoms. The fourth-order valence-corrected chi connectivity index (χ4v) is 5.28. The summed E-state index contributed by atoms with van der Waals surface area (Å²) in [5, 5.41) is 13.5. The average Bonchev–Trinajstić information content (AvgIpc) is 3.49. The van der Waals surface area contributed by atoms with Crippen LogP contribution < -0.4 is 4.74 Å². The van der Waals surface area contributed by atoms with Crippen LogP contribution in [0.2, 0.25) is 0 Å². The molecule has 0 unspecified atom stereocenters. The molecule has 1 aromatic heterocycles. The molecule has 0 atom stereocenters. The number of aryl methyl sites for hydroxylation is 2. The van der Waals surface area contributed by atoms with E-state index in [4.69, 9.17) is 9.47 Å². The molecule has 0 aliphatic carbocycles. The molecule has 3 aromatic rings. The summed E-state index contributed by atoms with van der Waals surface area (Å²) in [4.78, 5) is 13.9. The number of carboxylic acid groups (broad SMARTS) is 1. The third-order valence-corrected chi connectivity index (χ3v) is 7.54. The van der Waals surface area contributed by atoms with Crippen LogP contribution in [0.25, 0.3) is 11.8 Å². The molecule has 1 saturated heterocycles. The minimum absolute atomic E-state index is 0.223. The molecule has 0 saturated carbocycles. The molecule has 1 fully saturated rings. The number of aromatic nitrogens is 2. The SMILES string of the molecule is C=C(/C=C\C=C\n1ncc(C(=O)O)c1CC)c1cccc(C)c1OCc1cc(C)c2c(c1)CN(C1COC1)C2. The fraction of sp³-hybridized carbons (Fsp3) is 0.312. The number of carboxylic acids is 1. The minimum Gasteiger partial charge on any atom is -0.488 e. The molecular formula is C32H35N3O4. The van der Waals surface area contributed by atoms with E-state index < -0.39 is 5.97 Å². The number of para-hydroxylation sites is 1. The van der Waals surface area contributed by atoms with E-state index in [1.54, 1.807) is 10.9 Å². The maximum atomic E-state index is 11.4. The van der Waals surface area contributed by atoms with E-state index in [1.165, 1.54) is 28.5 Å². The molecule has 5 rings (SSSR count). The summed E-state index contributed by atoms with van der Waals surface area (Å²) in [7, 11) is 0. The Balaban J connectivity index is 1.27. The lowest BCUT2D eigenvalue weighted by Gasteiger charge is -2.34. The molecule has 3 heterocycles. The fourth-order valence-electron chi connectivity index (χ4n) is 5.28. The molecule has 39 heavy (non-hydrogen) atoms. The zero-order chi connectivity index (χ0) is 27.5. The molecule has 2 aliphatic heterocycles. The third-order valence-electron chi connectivity index (χ3n) is 7.54. The Morgan fingerprint density at radius 1 is 1.18 bits per heavy atom. The van der Waals surface area contributed by atoms with Crippen molar-refractivity contribution < 1.29 is 19.4 Å². The van der Waals surface area contributed by atoms with Gasteiger partial charge in [0.05, 0.1) is 31.1 Å². The van der Waals surface area contributed by atoms with E-state index in [9.17, 15) is 9.90 Å². The van der Waals surface area contributed by atoms with Crippen molar-refractivity contribution in [1.82, 2.24) is 14.7 Å². The first-order chi connectivity index (χ1) is 18.9. The van der Waals surface area contributed by atoms with Crippen LogP contribution in [0.15, 0.2) is 61.3 Å². The van der Waals surface area contributed by atoms with Crippen molar-refractivity contribution in [2.24, 2.45) is 0 Å². The average molecular weight is 526 g/mol. The zero-order valence-electron chi connectivity index (χ0n) is 22.8. The highest BCUT2D eigenvalue weighted by Crippen LogP contribution is 2.33. The Labute approximate surface area is 229 Å². The molecule has 1 N–H and O–H groups in total. The van der Waals surface area contributed by atoms with E-state index in [0.717, 1.165) is 48.8 Å². The summed E-state index contributed by atoms with van der Waals surface area (Å²) >= 11 is 0. The molecule has 0 amide bonds. The molecule has 7 nitrogen and oxygen atoms in total. The molecule has 2 aromatic carbocycles. The van der Waals surface area contributed by atoms with Crippen LogP contribution in [0.5, 0.6) is 5.75 Å². The van der Waals surface area contributed by atoms with Gasteiger partial charge in [-0.3, -0.25) is 4.90 Å². The normalized spacial score (nSPS) is 15.7. The Hall–Kier alpha value is -3.94. The zero-order valence-corrected chi connectivity index (χ0v) is 22.8. The van der Waals surface area contributed by atoms with Crippen LogP contribution in [0, 0.1) is 13.8 Å². The van der Waals surface area contributed by atoms with Gasteiger partial charge < -0.3 is 14.6 Å². The second kappa shape index (κ2) is 11.4. The van der Waals surface area contributed by atoms with Crippen molar-refractivity contribution in [2.45, 2.75) is 52.9 Å². The molecule has 2 aliphatic rings. The summed E-state index contributed by atoms with van der Waals surface area (Å²) in [5.41, 5.74) is 9.02. The van der Waals surface area contributed by atoms with Crippen molar-refractivity contribution in [1.29, 1.82) is 0 Å². The summed E-state index contributed by atoms with van der Waals surface area (Å²) < 4.78 is 13.4. The first-order valence-electron chi connectivity index (χ1n) is 13.3. The summed E-state index contributed by atoms with van der Waals surface area (Å²) in [5.74, 6) is -0.142. The number of carbonyl (C=O) groups is 1. The van der Waals surface area contributed by atoms with Crippen molar-refractivity contribution in [2.75, 3.05) is 13.2 Å². The van der Waals surface area contributed by atoms with Crippen LogP contribution in [-0.4, -0.2) is 45.0 Å². The van der Waals surface area contributed by atoms with Crippen molar-refractivity contribution >= 4 is 17.7 Å². The topological polar surface area (TPSA) is 76.8 Å². The van der Waals surface area contributed by atoms with Gasteiger partial charge in [0.15, 0.2) is 0 Å². The quantitative estimate of drug-likeness (QED) is 0.338. The minimum atomic E-state index is -0.969. The van der Waals surface area contributed by atoms with E-state index in [1.807, 2.05) is 50.3 Å². The second-order valence-electron chi connectivity index (χ2n) is 10.2. The maximum Gasteiger partial charge on any atom is 0.339 e. The van der Waals surface area contributed by atoms with Gasteiger partial charge in [0.25, 0.3) is 0 Å². The van der Waals surface area contributed by atoms with Gasteiger partial charge in [-0.1, -0.05) is 56.0 Å². The highest BCUT2D eigenvalue weighted by molar-refractivity contribution is 5.88. The number of hydrogen-bond donors (Lipinski definition) is 1. The number of ether oxygens (including phenoxy) is 2. The lowest BCUT2D eigenvalue weighted by molar-refractivity contribution is -0.0670. The number of hydrogen-bond acceptors (Lipinski definition) is 5. The Kier molecular flexibility index (Phi) is 7.82. The first kappa shape index (κ1) is 26.7. The van der Waals surface area contributed by atoms with Crippen molar-refractivity contribution in [3.05, 3.63) is 106 Å². The number of nitrogens with zero attached hydrogens (tertiary/aromatic N) is 3. The molecule has 0 spiro atoms. The number of rotatable bonds is 10. The Bertz CT molecular complexity index is 1460. The van der Waals surface area contributed by atoms with Crippen molar-refractivity contribution in [3.8, 4) is 5.75 Å². The van der Waals surface area contributed by atoms with Crippen LogP contribution in [0.3, 0.4) is 0 Å². The van der Waals surface area contributed by atoms with Crippen molar-refractivity contribution in [3.63, 3.8) is 0 Å². The number of aromatic carboxylic acids is 1. The van der Waals surface area contributed by atoms with E-state index in [-0.39, 0.29) is 5.56 Å². The van der Waals surface area contributed by atoms with Crippen LogP contribution in [0.1, 0.15) is 56.4 Å². The summed E-state index contributed by atoms with van der Waals surface area (Å²) in [6.07, 6.45) is 9.32. The predicted molar refractivity (Wildman–Crippen MR) is 153 cm³/mol. The lowest BCUT2D eigenvalue weighted by atomic mass is 10.0. The van der Waals surface area contributed by atoms with E-state index >= 15 is 0 Å². The van der Waals surface area contributed by atoms with Crippen LogP contribution in [-0.2, 0) is 30.9 Å². The number of fused-ring (bicyclic) bond motifs is 1. The van der Waals surface area contributed by atoms with Gasteiger partial charge in [0.1, 0.15) is 17.9 Å².